The molecule has 1 unspecified atom stereocenters. The van der Waals surface area contributed by atoms with Crippen LogP contribution in [0.2, 0.25) is 0 Å². The van der Waals surface area contributed by atoms with Gasteiger partial charge in [0.25, 0.3) is 0 Å². The van der Waals surface area contributed by atoms with Crippen LogP contribution in [0.25, 0.3) is 0 Å². The van der Waals surface area contributed by atoms with Crippen molar-refractivity contribution in [3.63, 3.8) is 0 Å². The van der Waals surface area contributed by atoms with Crippen molar-refractivity contribution in [2.24, 2.45) is 5.92 Å². The summed E-state index contributed by atoms with van der Waals surface area (Å²) in [5, 5.41) is 11.6. The molecule has 1 aliphatic rings. The Morgan fingerprint density at radius 2 is 2.07 bits per heavy atom. The molecule has 0 aromatic carbocycles. The van der Waals surface area contributed by atoms with Gasteiger partial charge in [-0.05, 0) is 38.6 Å². The SMILES string of the molecule is CNC(C#N)COC1CCC(C)CC1. The molecule has 1 aliphatic carbocycles. The maximum absolute atomic E-state index is 8.71. The molecule has 0 aromatic rings. The summed E-state index contributed by atoms with van der Waals surface area (Å²) >= 11 is 0. The van der Waals surface area contributed by atoms with Crippen LogP contribution >= 0.6 is 0 Å². The van der Waals surface area contributed by atoms with E-state index < -0.39 is 0 Å². The fourth-order valence-corrected chi connectivity index (χ4v) is 1.81. The Morgan fingerprint density at radius 1 is 1.43 bits per heavy atom. The van der Waals surface area contributed by atoms with Crippen molar-refractivity contribution in [2.45, 2.75) is 44.8 Å². The topological polar surface area (TPSA) is 45.0 Å². The molecule has 1 saturated carbocycles. The monoisotopic (exact) mass is 196 g/mol. The van der Waals surface area contributed by atoms with Crippen molar-refractivity contribution < 1.29 is 4.74 Å². The summed E-state index contributed by atoms with van der Waals surface area (Å²) in [6.07, 6.45) is 5.23. The van der Waals surface area contributed by atoms with Crippen molar-refractivity contribution in [1.82, 2.24) is 5.32 Å². The number of nitrogens with one attached hydrogen (secondary N) is 1. The van der Waals surface area contributed by atoms with Crippen molar-refractivity contribution in [3.05, 3.63) is 0 Å². The molecule has 0 aromatic heterocycles. The molecule has 3 heteroatoms. The molecular weight excluding hydrogens is 176 g/mol. The second-order valence-electron chi connectivity index (χ2n) is 4.19. The molecular formula is C11H20N2O. The molecule has 0 saturated heterocycles. The minimum absolute atomic E-state index is 0.158. The van der Waals surface area contributed by atoms with E-state index in [4.69, 9.17) is 10.00 Å². The quantitative estimate of drug-likeness (QED) is 0.744. The van der Waals surface area contributed by atoms with Crippen LogP contribution in [-0.2, 0) is 4.74 Å². The van der Waals surface area contributed by atoms with E-state index in [1.807, 2.05) is 0 Å². The lowest BCUT2D eigenvalue weighted by molar-refractivity contribution is 0.0153. The number of hydrogen-bond donors (Lipinski definition) is 1. The maximum atomic E-state index is 8.71. The zero-order valence-corrected chi connectivity index (χ0v) is 9.12. The predicted molar refractivity (Wildman–Crippen MR) is 55.8 cm³/mol. The maximum Gasteiger partial charge on any atom is 0.119 e. The van der Waals surface area contributed by atoms with Crippen LogP contribution in [-0.4, -0.2) is 25.8 Å². The third-order valence-electron chi connectivity index (χ3n) is 2.97. The van der Waals surface area contributed by atoms with Gasteiger partial charge in [-0.1, -0.05) is 6.92 Å². The highest BCUT2D eigenvalue weighted by atomic mass is 16.5. The summed E-state index contributed by atoms with van der Waals surface area (Å²) in [5.41, 5.74) is 0. The van der Waals surface area contributed by atoms with E-state index in [1.165, 1.54) is 12.8 Å². The van der Waals surface area contributed by atoms with Crippen molar-refractivity contribution in [3.8, 4) is 6.07 Å². The summed E-state index contributed by atoms with van der Waals surface area (Å²) in [4.78, 5) is 0. The second-order valence-corrected chi connectivity index (χ2v) is 4.19. The smallest absolute Gasteiger partial charge is 0.119 e. The Kier molecular flexibility index (Phi) is 4.92. The minimum Gasteiger partial charge on any atom is -0.375 e. The molecule has 1 atom stereocenters. The van der Waals surface area contributed by atoms with Gasteiger partial charge in [0.05, 0.1) is 18.8 Å². The number of rotatable bonds is 4. The molecule has 0 spiro atoms. The van der Waals surface area contributed by atoms with Gasteiger partial charge in [-0.25, -0.2) is 0 Å². The first-order valence-electron chi connectivity index (χ1n) is 5.44. The van der Waals surface area contributed by atoms with Gasteiger partial charge in [-0.15, -0.1) is 0 Å². The Hall–Kier alpha value is -0.590. The van der Waals surface area contributed by atoms with Crippen molar-refractivity contribution in [1.29, 1.82) is 5.26 Å². The highest BCUT2D eigenvalue weighted by Gasteiger charge is 2.19. The van der Waals surface area contributed by atoms with Gasteiger partial charge < -0.3 is 10.1 Å². The third kappa shape index (κ3) is 3.65. The average molecular weight is 196 g/mol. The Labute approximate surface area is 86.4 Å². The van der Waals surface area contributed by atoms with Gasteiger partial charge in [0.1, 0.15) is 6.04 Å². The van der Waals surface area contributed by atoms with Gasteiger partial charge in [0, 0.05) is 0 Å². The number of nitriles is 1. The van der Waals surface area contributed by atoms with Crippen molar-refractivity contribution in [2.75, 3.05) is 13.7 Å². The first-order chi connectivity index (χ1) is 6.76. The standard InChI is InChI=1S/C11H20N2O/c1-9-3-5-11(6-4-9)14-8-10(7-12)13-2/h9-11,13H,3-6,8H2,1-2H3. The van der Waals surface area contributed by atoms with E-state index in [2.05, 4.69) is 18.3 Å². The predicted octanol–water partition coefficient (Wildman–Crippen LogP) is 1.69. The van der Waals surface area contributed by atoms with Crippen LogP contribution in [0.5, 0.6) is 0 Å². The zero-order valence-electron chi connectivity index (χ0n) is 9.12. The summed E-state index contributed by atoms with van der Waals surface area (Å²) < 4.78 is 5.69. The summed E-state index contributed by atoms with van der Waals surface area (Å²) in [5.74, 6) is 0.853. The van der Waals surface area contributed by atoms with Crippen LogP contribution in [0.4, 0.5) is 0 Å². The molecule has 1 fully saturated rings. The van der Waals surface area contributed by atoms with Crippen LogP contribution < -0.4 is 5.32 Å². The van der Waals surface area contributed by atoms with E-state index in [0.717, 1.165) is 18.8 Å². The van der Waals surface area contributed by atoms with Gasteiger partial charge in [0.15, 0.2) is 0 Å². The Bertz CT molecular complexity index is 192. The normalized spacial score (nSPS) is 29.5. The van der Waals surface area contributed by atoms with Gasteiger partial charge in [-0.3, -0.25) is 0 Å². The van der Waals surface area contributed by atoms with Crippen LogP contribution in [0, 0.1) is 17.2 Å². The highest BCUT2D eigenvalue weighted by molar-refractivity contribution is 4.88. The van der Waals surface area contributed by atoms with Crippen LogP contribution in [0.1, 0.15) is 32.6 Å². The largest absolute Gasteiger partial charge is 0.375 e. The lowest BCUT2D eigenvalue weighted by Crippen LogP contribution is -2.32. The highest BCUT2D eigenvalue weighted by Crippen LogP contribution is 2.25. The van der Waals surface area contributed by atoms with Crippen LogP contribution in [0.15, 0.2) is 0 Å². The van der Waals surface area contributed by atoms with E-state index in [-0.39, 0.29) is 6.04 Å². The molecule has 1 rings (SSSR count). The molecule has 0 heterocycles. The average Bonchev–Trinajstić information content (AvgIpc) is 2.22. The lowest BCUT2D eigenvalue weighted by atomic mass is 9.89. The van der Waals surface area contributed by atoms with E-state index >= 15 is 0 Å². The number of hydrogen-bond acceptors (Lipinski definition) is 3. The Balaban J connectivity index is 2.16. The number of likely N-dealkylation sites (N-methyl/N-ethyl adjacent to an activating group) is 1. The van der Waals surface area contributed by atoms with Gasteiger partial charge in [0.2, 0.25) is 0 Å². The molecule has 3 nitrogen and oxygen atoms in total. The fraction of sp³-hybridized carbons (Fsp3) is 0.909. The van der Waals surface area contributed by atoms with Crippen molar-refractivity contribution >= 4 is 0 Å². The summed E-state index contributed by atoms with van der Waals surface area (Å²) in [6, 6.07) is 2.01. The van der Waals surface area contributed by atoms with E-state index in [0.29, 0.717) is 12.7 Å². The molecule has 0 radical (unpaired) electrons. The fourth-order valence-electron chi connectivity index (χ4n) is 1.81. The molecule has 80 valence electrons. The second kappa shape index (κ2) is 6.00. The minimum atomic E-state index is -0.158. The Morgan fingerprint density at radius 3 is 2.57 bits per heavy atom. The third-order valence-corrected chi connectivity index (χ3v) is 2.97. The number of ether oxygens (including phenoxy) is 1. The summed E-state index contributed by atoms with van der Waals surface area (Å²) in [6.45, 7) is 2.81. The van der Waals surface area contributed by atoms with E-state index in [1.54, 1.807) is 7.05 Å². The molecule has 0 bridgehead atoms. The molecule has 0 amide bonds. The molecule has 14 heavy (non-hydrogen) atoms. The van der Waals surface area contributed by atoms with Gasteiger partial charge in [-0.2, -0.15) is 5.26 Å². The lowest BCUT2D eigenvalue weighted by Gasteiger charge is -2.26. The molecule has 1 N–H and O–H groups in total. The zero-order chi connectivity index (χ0) is 10.4. The first-order valence-corrected chi connectivity index (χ1v) is 5.44. The first kappa shape index (κ1) is 11.5. The van der Waals surface area contributed by atoms with E-state index in [9.17, 15) is 0 Å². The van der Waals surface area contributed by atoms with Crippen LogP contribution in [0.3, 0.4) is 0 Å². The molecule has 0 aliphatic heterocycles. The number of nitrogens with zero attached hydrogens (tertiary/aromatic N) is 1. The summed E-state index contributed by atoms with van der Waals surface area (Å²) in [7, 11) is 1.79. The van der Waals surface area contributed by atoms with Gasteiger partial charge >= 0.3 is 0 Å².